The van der Waals surface area contributed by atoms with Crippen LogP contribution in [0.2, 0.25) is 0 Å². The van der Waals surface area contributed by atoms with E-state index < -0.39 is 0 Å². The highest BCUT2D eigenvalue weighted by Gasteiger charge is 2.51. The van der Waals surface area contributed by atoms with Crippen LogP contribution in [0.3, 0.4) is 0 Å². The monoisotopic (exact) mass is 343 g/mol. The summed E-state index contributed by atoms with van der Waals surface area (Å²) >= 11 is 0. The average Bonchev–Trinajstić information content (AvgIpc) is 3.01. The van der Waals surface area contributed by atoms with Gasteiger partial charge in [-0.1, -0.05) is 12.1 Å². The van der Waals surface area contributed by atoms with Crippen molar-refractivity contribution in [3.05, 3.63) is 47.3 Å². The standard InChI is InChI=1S/C20H17N5O/c1-11-6-7-13-16(26-20(13)8-4-9-20)15(11)19-24-23-17-12(2)22-14-5-3-10-21-18(14)25(17)19/h3,5-7,10H,4,8-9H2,1-2H3. The van der Waals surface area contributed by atoms with Gasteiger partial charge in [0.25, 0.3) is 0 Å². The van der Waals surface area contributed by atoms with Gasteiger partial charge in [-0.3, -0.25) is 4.40 Å². The lowest BCUT2D eigenvalue weighted by Crippen LogP contribution is -2.47. The fourth-order valence-electron chi connectivity index (χ4n) is 4.26. The molecule has 1 saturated carbocycles. The zero-order valence-electron chi connectivity index (χ0n) is 14.7. The van der Waals surface area contributed by atoms with E-state index in [0.29, 0.717) is 0 Å². The molecular formula is C20H17N5O. The minimum Gasteiger partial charge on any atom is -0.481 e. The van der Waals surface area contributed by atoms with E-state index in [1.165, 1.54) is 12.0 Å². The molecular weight excluding hydrogens is 326 g/mol. The van der Waals surface area contributed by atoms with Crippen molar-refractivity contribution in [2.45, 2.75) is 38.7 Å². The molecule has 0 radical (unpaired) electrons. The smallest absolute Gasteiger partial charge is 0.184 e. The van der Waals surface area contributed by atoms with Crippen molar-refractivity contribution in [2.24, 2.45) is 0 Å². The van der Waals surface area contributed by atoms with Crippen LogP contribution in [-0.4, -0.2) is 24.6 Å². The molecule has 0 saturated heterocycles. The van der Waals surface area contributed by atoms with Crippen LogP contribution in [0.15, 0.2) is 30.5 Å². The van der Waals surface area contributed by atoms with Crippen molar-refractivity contribution >= 4 is 16.8 Å². The Morgan fingerprint density at radius 2 is 1.96 bits per heavy atom. The predicted octanol–water partition coefficient (Wildman–Crippen LogP) is 3.73. The predicted molar refractivity (Wildman–Crippen MR) is 97.2 cm³/mol. The van der Waals surface area contributed by atoms with E-state index in [2.05, 4.69) is 39.2 Å². The van der Waals surface area contributed by atoms with Gasteiger partial charge in [0.1, 0.15) is 16.9 Å². The number of hydrogen-bond donors (Lipinski definition) is 0. The highest BCUT2D eigenvalue weighted by Crippen LogP contribution is 2.59. The summed E-state index contributed by atoms with van der Waals surface area (Å²) < 4.78 is 8.33. The summed E-state index contributed by atoms with van der Waals surface area (Å²) in [5.41, 5.74) is 6.59. The van der Waals surface area contributed by atoms with Crippen molar-refractivity contribution in [1.82, 2.24) is 24.6 Å². The number of benzene rings is 1. The Balaban J connectivity index is 1.70. The van der Waals surface area contributed by atoms with Crippen molar-refractivity contribution in [3.63, 3.8) is 0 Å². The number of rotatable bonds is 1. The lowest BCUT2D eigenvalue weighted by atomic mass is 9.70. The topological polar surface area (TPSA) is 65.2 Å². The fourth-order valence-corrected chi connectivity index (χ4v) is 4.26. The summed E-state index contributed by atoms with van der Waals surface area (Å²) in [5, 5.41) is 8.92. The minimum absolute atomic E-state index is 0.0456. The third-order valence-corrected chi connectivity index (χ3v) is 5.79. The lowest BCUT2D eigenvalue weighted by molar-refractivity contribution is -0.0569. The molecule has 26 heavy (non-hydrogen) atoms. The van der Waals surface area contributed by atoms with Gasteiger partial charge >= 0.3 is 0 Å². The van der Waals surface area contributed by atoms with Gasteiger partial charge in [0.05, 0.1) is 11.3 Å². The van der Waals surface area contributed by atoms with Gasteiger partial charge in [0.2, 0.25) is 0 Å². The molecule has 128 valence electrons. The molecule has 1 fully saturated rings. The van der Waals surface area contributed by atoms with Crippen LogP contribution in [0.25, 0.3) is 28.2 Å². The van der Waals surface area contributed by atoms with E-state index in [4.69, 9.17) is 4.74 Å². The van der Waals surface area contributed by atoms with Gasteiger partial charge in [-0.25, -0.2) is 9.97 Å². The Hall–Kier alpha value is -3.02. The van der Waals surface area contributed by atoms with E-state index in [9.17, 15) is 0 Å². The zero-order chi connectivity index (χ0) is 17.5. The molecule has 0 bridgehead atoms. The van der Waals surface area contributed by atoms with Gasteiger partial charge in [-0.15, -0.1) is 10.2 Å². The molecule has 0 atom stereocenters. The number of nitrogens with zero attached hydrogens (tertiary/aromatic N) is 5. The number of fused-ring (bicyclic) bond motifs is 5. The molecule has 1 spiro atoms. The minimum atomic E-state index is -0.0456. The van der Waals surface area contributed by atoms with E-state index in [1.54, 1.807) is 6.20 Å². The maximum absolute atomic E-state index is 6.32. The largest absolute Gasteiger partial charge is 0.481 e. The van der Waals surface area contributed by atoms with Crippen molar-refractivity contribution in [2.75, 3.05) is 0 Å². The summed E-state index contributed by atoms with van der Waals surface area (Å²) in [6.45, 7) is 4.05. The van der Waals surface area contributed by atoms with E-state index in [0.717, 1.165) is 58.0 Å². The van der Waals surface area contributed by atoms with Crippen molar-refractivity contribution < 1.29 is 4.74 Å². The SMILES string of the molecule is Cc1ccc2c(c1-c1nnc3c(C)nc4cccnc4n13)OC21CCC1. The van der Waals surface area contributed by atoms with Crippen LogP contribution >= 0.6 is 0 Å². The van der Waals surface area contributed by atoms with Crippen molar-refractivity contribution in [1.29, 1.82) is 0 Å². The van der Waals surface area contributed by atoms with E-state index in [-0.39, 0.29) is 5.60 Å². The molecule has 1 aromatic carbocycles. The number of aromatic nitrogens is 5. The maximum Gasteiger partial charge on any atom is 0.184 e. The molecule has 1 aliphatic heterocycles. The number of hydrogen-bond acceptors (Lipinski definition) is 5. The first-order chi connectivity index (χ1) is 12.7. The second-order valence-corrected chi connectivity index (χ2v) is 7.31. The third kappa shape index (κ3) is 1.57. The van der Waals surface area contributed by atoms with Gasteiger partial charge in [-0.2, -0.15) is 0 Å². The van der Waals surface area contributed by atoms with Gasteiger partial charge in [0, 0.05) is 11.8 Å². The Labute approximate surface area is 149 Å². The van der Waals surface area contributed by atoms with E-state index in [1.807, 2.05) is 23.5 Å². The molecule has 6 nitrogen and oxygen atoms in total. The second-order valence-electron chi connectivity index (χ2n) is 7.31. The van der Waals surface area contributed by atoms with Crippen LogP contribution in [0.4, 0.5) is 0 Å². The number of pyridine rings is 1. The van der Waals surface area contributed by atoms with Crippen LogP contribution in [0.5, 0.6) is 5.75 Å². The number of aryl methyl sites for hydroxylation is 2. The second kappa shape index (κ2) is 4.58. The Morgan fingerprint density at radius 3 is 2.77 bits per heavy atom. The van der Waals surface area contributed by atoms with Crippen molar-refractivity contribution in [3.8, 4) is 17.1 Å². The summed E-state index contributed by atoms with van der Waals surface area (Å²) in [6, 6.07) is 8.24. The van der Waals surface area contributed by atoms with Crippen LogP contribution < -0.4 is 4.74 Å². The molecule has 1 aliphatic carbocycles. The highest BCUT2D eigenvalue weighted by molar-refractivity contribution is 5.81. The molecule has 2 aliphatic rings. The van der Waals surface area contributed by atoms with Gasteiger partial charge in [0.15, 0.2) is 17.1 Å². The highest BCUT2D eigenvalue weighted by atomic mass is 16.5. The normalized spacial score (nSPS) is 17.0. The lowest BCUT2D eigenvalue weighted by Gasteiger charge is -2.51. The van der Waals surface area contributed by atoms with Gasteiger partial charge in [-0.05, 0) is 50.8 Å². The molecule has 0 N–H and O–H groups in total. The Bertz CT molecular complexity index is 1220. The first-order valence-electron chi connectivity index (χ1n) is 8.98. The average molecular weight is 343 g/mol. The molecule has 0 amide bonds. The first kappa shape index (κ1) is 14.2. The van der Waals surface area contributed by atoms with E-state index >= 15 is 0 Å². The molecule has 0 unspecified atom stereocenters. The summed E-state index contributed by atoms with van der Waals surface area (Å²) in [4.78, 5) is 9.16. The maximum atomic E-state index is 6.32. The number of ether oxygens (including phenoxy) is 1. The molecule has 6 rings (SSSR count). The molecule has 4 heterocycles. The van der Waals surface area contributed by atoms with Crippen LogP contribution in [-0.2, 0) is 5.60 Å². The first-order valence-corrected chi connectivity index (χ1v) is 8.98. The van der Waals surface area contributed by atoms with Crippen LogP contribution in [0, 0.1) is 13.8 Å². The third-order valence-electron chi connectivity index (χ3n) is 5.79. The summed E-state index contributed by atoms with van der Waals surface area (Å²) in [7, 11) is 0. The Kier molecular flexibility index (Phi) is 2.50. The van der Waals surface area contributed by atoms with Crippen LogP contribution in [0.1, 0.15) is 36.1 Å². The van der Waals surface area contributed by atoms with Gasteiger partial charge < -0.3 is 4.74 Å². The molecule has 3 aromatic heterocycles. The fraction of sp³-hybridized carbons (Fsp3) is 0.300. The Morgan fingerprint density at radius 1 is 1.08 bits per heavy atom. The zero-order valence-corrected chi connectivity index (χ0v) is 14.7. The molecule has 6 heteroatoms. The summed E-state index contributed by atoms with van der Waals surface area (Å²) in [5.74, 6) is 1.73. The molecule has 4 aromatic rings. The quantitative estimate of drug-likeness (QED) is 0.527. The summed E-state index contributed by atoms with van der Waals surface area (Å²) in [6.07, 6.45) is 5.22.